The molecule has 0 saturated heterocycles. The van der Waals surface area contributed by atoms with Crippen molar-refractivity contribution in [1.82, 2.24) is 9.99 Å². The number of hydrogen-bond acceptors (Lipinski definition) is 9. The lowest BCUT2D eigenvalue weighted by Crippen LogP contribution is -2.42. The molecule has 2 aromatic rings. The van der Waals surface area contributed by atoms with Crippen LogP contribution in [0.4, 0.5) is 13.2 Å². The number of halogens is 4. The van der Waals surface area contributed by atoms with Gasteiger partial charge in [0.25, 0.3) is 0 Å². The number of carboxylic acid groups (broad SMARTS) is 1. The van der Waals surface area contributed by atoms with E-state index < -0.39 is 35.0 Å². The van der Waals surface area contributed by atoms with Crippen molar-refractivity contribution < 1.29 is 37.3 Å². The van der Waals surface area contributed by atoms with Crippen molar-refractivity contribution in [3.8, 4) is 0 Å². The third kappa shape index (κ3) is 11.2. The van der Waals surface area contributed by atoms with Crippen LogP contribution >= 0.6 is 27.7 Å². The number of thioether (sulfide) groups is 1. The van der Waals surface area contributed by atoms with Crippen LogP contribution in [0.5, 0.6) is 0 Å². The van der Waals surface area contributed by atoms with Crippen molar-refractivity contribution in [1.29, 1.82) is 0 Å². The van der Waals surface area contributed by atoms with Gasteiger partial charge in [0, 0.05) is 53.2 Å². The summed E-state index contributed by atoms with van der Waals surface area (Å²) in [5.41, 5.74) is 5.09. The molecule has 1 aromatic heterocycles. The number of ether oxygens (including phenoxy) is 3. The minimum Gasteiger partial charge on any atom is -0.481 e. The number of hydrazine groups is 1. The first kappa shape index (κ1) is 31.9. The Hall–Kier alpha value is -2.36. The SMILES string of the molecule is CCOCCOC(Sc1cncc(Br)c1)[C@H](CN(N)/C=C(\N)c1cc(F)c(F)c(F)c1)OCCCC(=O)O. The Labute approximate surface area is 231 Å². The normalized spacial score (nSPS) is 13.4. The molecule has 0 amide bonds. The molecule has 0 aliphatic carbocycles. The Balaban J connectivity index is 2.25. The van der Waals surface area contributed by atoms with E-state index in [1.54, 1.807) is 12.4 Å². The average molecular weight is 623 g/mol. The van der Waals surface area contributed by atoms with Crippen LogP contribution in [0.1, 0.15) is 25.3 Å². The average Bonchev–Trinajstić information content (AvgIpc) is 2.85. The van der Waals surface area contributed by atoms with Crippen LogP contribution in [0.3, 0.4) is 0 Å². The highest BCUT2D eigenvalue weighted by Gasteiger charge is 2.26. The Kier molecular flexibility index (Phi) is 13.9. The standard InChI is InChI=1S/C24H30BrF3N4O5S/c1-2-35-6-7-37-24(38-17-10-16(25)11-31-12-17)21(36-5-3-4-22(33)34)14-32(30)13-20(29)15-8-18(26)23(28)19(27)9-15/h8-13,21,24H,2-7,14,29-30H2,1H3,(H,33,34)/b20-13-/t21-,24?/m0/s1. The molecular weight excluding hydrogens is 593 g/mol. The number of nitrogens with zero attached hydrogens (tertiary/aromatic N) is 2. The smallest absolute Gasteiger partial charge is 0.303 e. The molecule has 0 aliphatic heterocycles. The monoisotopic (exact) mass is 622 g/mol. The molecule has 1 heterocycles. The Morgan fingerprint density at radius 3 is 2.53 bits per heavy atom. The van der Waals surface area contributed by atoms with Crippen LogP contribution in [0.2, 0.25) is 0 Å². The van der Waals surface area contributed by atoms with E-state index in [-0.39, 0.29) is 43.9 Å². The largest absolute Gasteiger partial charge is 0.481 e. The molecule has 0 radical (unpaired) electrons. The van der Waals surface area contributed by atoms with Gasteiger partial charge in [0.05, 0.1) is 25.5 Å². The second-order valence-electron chi connectivity index (χ2n) is 7.83. The number of carbonyl (C=O) groups is 1. The molecule has 0 bridgehead atoms. The number of aliphatic carboxylic acids is 1. The third-order valence-corrected chi connectivity index (χ3v) is 6.43. The fourth-order valence-corrected chi connectivity index (χ4v) is 4.67. The van der Waals surface area contributed by atoms with Gasteiger partial charge in [-0.2, -0.15) is 0 Å². The van der Waals surface area contributed by atoms with Gasteiger partial charge in [0.2, 0.25) is 0 Å². The molecule has 5 N–H and O–H groups in total. The molecule has 2 atom stereocenters. The summed E-state index contributed by atoms with van der Waals surface area (Å²) < 4.78 is 58.8. The molecule has 2 rings (SSSR count). The summed E-state index contributed by atoms with van der Waals surface area (Å²) >= 11 is 4.69. The molecule has 9 nitrogen and oxygen atoms in total. The van der Waals surface area contributed by atoms with Gasteiger partial charge in [0.15, 0.2) is 17.5 Å². The van der Waals surface area contributed by atoms with Crippen LogP contribution in [0.15, 0.2) is 46.2 Å². The van der Waals surface area contributed by atoms with Crippen molar-refractivity contribution in [2.24, 2.45) is 11.6 Å². The summed E-state index contributed by atoms with van der Waals surface area (Å²) in [5.74, 6) is 0.796. The zero-order valence-electron chi connectivity index (χ0n) is 20.6. The number of aromatic nitrogens is 1. The molecule has 210 valence electrons. The van der Waals surface area contributed by atoms with Crippen LogP contribution in [-0.2, 0) is 19.0 Å². The predicted octanol–water partition coefficient (Wildman–Crippen LogP) is 4.12. The number of nitrogens with two attached hydrogens (primary N) is 2. The van der Waals surface area contributed by atoms with Gasteiger partial charge in [0.1, 0.15) is 11.5 Å². The van der Waals surface area contributed by atoms with Gasteiger partial charge < -0.3 is 30.1 Å². The number of hydrogen-bond donors (Lipinski definition) is 3. The first-order chi connectivity index (χ1) is 18.1. The lowest BCUT2D eigenvalue weighted by Gasteiger charge is -2.30. The number of pyridine rings is 1. The van der Waals surface area contributed by atoms with Gasteiger partial charge >= 0.3 is 5.97 Å². The van der Waals surface area contributed by atoms with E-state index >= 15 is 0 Å². The first-order valence-electron chi connectivity index (χ1n) is 11.5. The van der Waals surface area contributed by atoms with Crippen LogP contribution in [0, 0.1) is 17.5 Å². The molecule has 1 unspecified atom stereocenters. The van der Waals surface area contributed by atoms with Gasteiger partial charge in [-0.1, -0.05) is 11.8 Å². The van der Waals surface area contributed by atoms with E-state index in [0.717, 1.165) is 26.5 Å². The highest BCUT2D eigenvalue weighted by molar-refractivity contribution is 9.10. The lowest BCUT2D eigenvalue weighted by atomic mass is 10.1. The Morgan fingerprint density at radius 2 is 1.89 bits per heavy atom. The fraction of sp³-hybridized carbons (Fsp3) is 0.417. The summed E-state index contributed by atoms with van der Waals surface area (Å²) in [7, 11) is 0. The van der Waals surface area contributed by atoms with Crippen LogP contribution in [-0.4, -0.2) is 65.6 Å². The van der Waals surface area contributed by atoms with Crippen molar-refractivity contribution in [2.45, 2.75) is 36.2 Å². The van der Waals surface area contributed by atoms with E-state index in [1.807, 2.05) is 13.0 Å². The molecular formula is C24H30BrF3N4O5S. The van der Waals surface area contributed by atoms with E-state index in [9.17, 15) is 18.0 Å². The maximum Gasteiger partial charge on any atom is 0.303 e. The second kappa shape index (κ2) is 16.6. The minimum atomic E-state index is -1.60. The summed E-state index contributed by atoms with van der Waals surface area (Å²) in [6.07, 6.45) is 3.94. The molecule has 38 heavy (non-hydrogen) atoms. The quantitative estimate of drug-likeness (QED) is 0.0591. The summed E-state index contributed by atoms with van der Waals surface area (Å²) in [5, 5.41) is 10.1. The van der Waals surface area contributed by atoms with Crippen LogP contribution in [0.25, 0.3) is 5.70 Å². The van der Waals surface area contributed by atoms with E-state index in [4.69, 9.17) is 30.9 Å². The predicted molar refractivity (Wildman–Crippen MR) is 140 cm³/mol. The van der Waals surface area contributed by atoms with Crippen molar-refractivity contribution >= 4 is 39.4 Å². The third-order valence-electron chi connectivity index (χ3n) is 4.83. The van der Waals surface area contributed by atoms with Crippen LogP contribution < -0.4 is 11.6 Å². The molecule has 0 fully saturated rings. The molecule has 1 aromatic carbocycles. The number of rotatable bonds is 17. The van der Waals surface area contributed by atoms with Gasteiger partial charge in [-0.3, -0.25) is 9.78 Å². The van der Waals surface area contributed by atoms with Gasteiger partial charge in [-0.15, -0.1) is 0 Å². The van der Waals surface area contributed by atoms with E-state index in [0.29, 0.717) is 13.2 Å². The minimum absolute atomic E-state index is 0.00629. The van der Waals surface area contributed by atoms with Gasteiger partial charge in [-0.05, 0) is 47.5 Å². The molecule has 14 heteroatoms. The van der Waals surface area contributed by atoms with E-state index in [2.05, 4.69) is 20.9 Å². The lowest BCUT2D eigenvalue weighted by molar-refractivity contribution is -0.137. The maximum absolute atomic E-state index is 13.6. The molecule has 0 spiro atoms. The van der Waals surface area contributed by atoms with Gasteiger partial charge in [-0.25, -0.2) is 19.0 Å². The zero-order valence-corrected chi connectivity index (χ0v) is 23.0. The Morgan fingerprint density at radius 1 is 1.18 bits per heavy atom. The highest BCUT2D eigenvalue weighted by atomic mass is 79.9. The topological polar surface area (TPSA) is 133 Å². The van der Waals surface area contributed by atoms with Crippen molar-refractivity contribution in [3.63, 3.8) is 0 Å². The van der Waals surface area contributed by atoms with Crippen molar-refractivity contribution in [3.05, 3.63) is 64.3 Å². The summed E-state index contributed by atoms with van der Waals surface area (Å²) in [6, 6.07) is 3.36. The second-order valence-corrected chi connectivity index (χ2v) is 9.92. The highest BCUT2D eigenvalue weighted by Crippen LogP contribution is 2.29. The molecule has 0 aliphatic rings. The molecule has 0 saturated carbocycles. The fourth-order valence-electron chi connectivity index (χ4n) is 3.09. The number of benzene rings is 1. The summed E-state index contributed by atoms with van der Waals surface area (Å²) in [4.78, 5) is 15.8. The summed E-state index contributed by atoms with van der Waals surface area (Å²) in [6.45, 7) is 3.02. The zero-order chi connectivity index (χ0) is 28.1. The number of carboxylic acids is 1. The van der Waals surface area contributed by atoms with Crippen molar-refractivity contribution in [2.75, 3.05) is 33.0 Å². The maximum atomic E-state index is 13.6. The first-order valence-corrected chi connectivity index (χ1v) is 13.2. The Bertz CT molecular complexity index is 1060. The van der Waals surface area contributed by atoms with E-state index in [1.165, 1.54) is 18.0 Å².